The number of thiazole rings is 1. The van der Waals surface area contributed by atoms with Gasteiger partial charge in [-0.05, 0) is 56.6 Å². The summed E-state index contributed by atoms with van der Waals surface area (Å²) in [5.74, 6) is 0.164. The molecule has 1 N–H and O–H groups in total. The first-order chi connectivity index (χ1) is 12.1. The van der Waals surface area contributed by atoms with Crippen LogP contribution in [0, 0.1) is 11.2 Å². The highest BCUT2D eigenvalue weighted by molar-refractivity contribution is 7.13. The van der Waals surface area contributed by atoms with E-state index in [0.29, 0.717) is 12.4 Å². The first-order valence-electron chi connectivity index (χ1n) is 8.49. The number of ether oxygens (including phenoxy) is 1. The number of carbonyl (C=O) groups excluding carboxylic acids is 1. The first kappa shape index (κ1) is 16.5. The summed E-state index contributed by atoms with van der Waals surface area (Å²) in [6.07, 6.45) is 2.81. The molecule has 132 valence electrons. The van der Waals surface area contributed by atoms with Gasteiger partial charge >= 0.3 is 6.09 Å². The molecule has 0 spiro atoms. The fourth-order valence-electron chi connectivity index (χ4n) is 3.61. The zero-order valence-corrected chi connectivity index (χ0v) is 14.7. The largest absolute Gasteiger partial charge is 0.449 e. The maximum Gasteiger partial charge on any atom is 0.412 e. The number of benzene rings is 1. The van der Waals surface area contributed by atoms with Gasteiger partial charge in [0.25, 0.3) is 0 Å². The Morgan fingerprint density at radius 1 is 1.24 bits per heavy atom. The molecule has 1 amide bonds. The average Bonchev–Trinajstić information content (AvgIpc) is 3.10. The van der Waals surface area contributed by atoms with E-state index in [-0.39, 0.29) is 11.2 Å². The number of hydrogen-bond acceptors (Lipinski definition) is 5. The Balaban J connectivity index is 1.38. The van der Waals surface area contributed by atoms with Gasteiger partial charge < -0.3 is 9.64 Å². The van der Waals surface area contributed by atoms with Crippen molar-refractivity contribution in [2.75, 3.05) is 31.6 Å². The van der Waals surface area contributed by atoms with Crippen molar-refractivity contribution in [3.05, 3.63) is 35.6 Å². The van der Waals surface area contributed by atoms with Gasteiger partial charge in [-0.1, -0.05) is 12.1 Å². The molecule has 2 bridgehead atoms. The van der Waals surface area contributed by atoms with Gasteiger partial charge in [-0.25, -0.2) is 14.2 Å². The lowest BCUT2D eigenvalue weighted by Gasteiger charge is -2.47. The minimum absolute atomic E-state index is 0.147. The summed E-state index contributed by atoms with van der Waals surface area (Å²) in [6.45, 7) is 3.77. The number of piperidine rings is 3. The molecular formula is C18H20FN3O2S. The number of nitrogens with one attached hydrogen (secondary N) is 1. The van der Waals surface area contributed by atoms with E-state index in [4.69, 9.17) is 4.74 Å². The van der Waals surface area contributed by atoms with Crippen LogP contribution in [0.15, 0.2) is 29.8 Å². The maximum absolute atomic E-state index is 13.1. The van der Waals surface area contributed by atoms with Gasteiger partial charge in [0, 0.05) is 5.41 Å². The second-order valence-corrected chi connectivity index (χ2v) is 7.68. The highest BCUT2D eigenvalue weighted by Crippen LogP contribution is 2.40. The number of amides is 1. The van der Waals surface area contributed by atoms with Crippen LogP contribution in [0.3, 0.4) is 0 Å². The Morgan fingerprint density at radius 2 is 1.92 bits per heavy atom. The number of anilines is 1. The molecule has 2 aromatic rings. The van der Waals surface area contributed by atoms with Gasteiger partial charge in [-0.15, -0.1) is 11.3 Å². The highest BCUT2D eigenvalue weighted by Gasteiger charge is 2.40. The van der Waals surface area contributed by atoms with Crippen molar-refractivity contribution in [2.24, 2.45) is 5.41 Å². The lowest BCUT2D eigenvalue weighted by atomic mass is 9.73. The number of aromatic nitrogens is 1. The predicted octanol–water partition coefficient (Wildman–Crippen LogP) is 3.98. The number of nitrogens with zero attached hydrogens (tertiary/aromatic N) is 2. The average molecular weight is 361 g/mol. The summed E-state index contributed by atoms with van der Waals surface area (Å²) >= 11 is 1.40. The Labute approximate surface area is 149 Å². The minimum Gasteiger partial charge on any atom is -0.449 e. The van der Waals surface area contributed by atoms with Crippen molar-refractivity contribution in [1.82, 2.24) is 9.88 Å². The molecule has 3 aliphatic rings. The highest BCUT2D eigenvalue weighted by atomic mass is 32.1. The Hall–Kier alpha value is -1.99. The third-order valence-electron chi connectivity index (χ3n) is 5.28. The summed E-state index contributed by atoms with van der Waals surface area (Å²) in [5.41, 5.74) is 2.62. The molecule has 0 radical (unpaired) electrons. The lowest BCUT2D eigenvalue weighted by Crippen LogP contribution is -2.50. The second kappa shape index (κ2) is 6.72. The number of halogens is 1. The fourth-order valence-corrected chi connectivity index (χ4v) is 4.36. The smallest absolute Gasteiger partial charge is 0.412 e. The van der Waals surface area contributed by atoms with E-state index in [1.165, 1.54) is 23.5 Å². The SMILES string of the molecule is O=C(Nc1ncsc1-c1ccc(F)cc1)OCC12CCN(CC1)CC2. The van der Waals surface area contributed by atoms with E-state index in [1.807, 2.05) is 0 Å². The number of rotatable bonds is 4. The summed E-state index contributed by atoms with van der Waals surface area (Å²) < 4.78 is 18.6. The standard InChI is InChI=1S/C18H20FN3O2S/c19-14-3-1-13(2-4-14)15-16(20-12-25-15)21-17(23)24-11-18-5-8-22(9-6-18)10-7-18/h1-4,12H,5-11H2,(H,21,23). The molecule has 1 aromatic heterocycles. The van der Waals surface area contributed by atoms with Gasteiger partial charge in [0.05, 0.1) is 17.0 Å². The molecule has 5 nitrogen and oxygen atoms in total. The van der Waals surface area contributed by atoms with Crippen molar-refractivity contribution in [2.45, 2.75) is 19.3 Å². The van der Waals surface area contributed by atoms with Crippen LogP contribution in [-0.2, 0) is 4.74 Å². The molecule has 7 heteroatoms. The second-order valence-electron chi connectivity index (χ2n) is 6.83. The van der Waals surface area contributed by atoms with Gasteiger partial charge in [0.15, 0.2) is 5.82 Å². The topological polar surface area (TPSA) is 54.5 Å². The molecule has 5 rings (SSSR count). The molecule has 1 aromatic carbocycles. The van der Waals surface area contributed by atoms with E-state index < -0.39 is 6.09 Å². The van der Waals surface area contributed by atoms with Crippen molar-refractivity contribution in [1.29, 1.82) is 0 Å². The van der Waals surface area contributed by atoms with Crippen LogP contribution in [-0.4, -0.2) is 42.2 Å². The van der Waals surface area contributed by atoms with Crippen LogP contribution in [0.4, 0.5) is 15.0 Å². The van der Waals surface area contributed by atoms with Crippen molar-refractivity contribution in [3.8, 4) is 10.4 Å². The van der Waals surface area contributed by atoms with E-state index in [0.717, 1.165) is 49.3 Å². The van der Waals surface area contributed by atoms with Crippen LogP contribution >= 0.6 is 11.3 Å². The third kappa shape index (κ3) is 3.52. The van der Waals surface area contributed by atoms with Crippen LogP contribution in [0.25, 0.3) is 10.4 Å². The molecule has 3 saturated heterocycles. The van der Waals surface area contributed by atoms with Gasteiger partial charge in [0.1, 0.15) is 5.82 Å². The number of hydrogen-bond donors (Lipinski definition) is 1. The Bertz CT molecular complexity index is 740. The molecular weight excluding hydrogens is 341 g/mol. The van der Waals surface area contributed by atoms with Gasteiger partial charge in [-0.3, -0.25) is 5.32 Å². The minimum atomic E-state index is -0.475. The van der Waals surface area contributed by atoms with Crippen molar-refractivity contribution < 1.29 is 13.9 Å². The van der Waals surface area contributed by atoms with E-state index >= 15 is 0 Å². The van der Waals surface area contributed by atoms with Crippen LogP contribution in [0.2, 0.25) is 0 Å². The normalized spacial score (nSPS) is 24.9. The monoisotopic (exact) mass is 361 g/mol. The fraction of sp³-hybridized carbons (Fsp3) is 0.444. The quantitative estimate of drug-likeness (QED) is 0.895. The third-order valence-corrected chi connectivity index (χ3v) is 6.15. The maximum atomic E-state index is 13.1. The Morgan fingerprint density at radius 3 is 2.60 bits per heavy atom. The molecule has 0 unspecified atom stereocenters. The molecule has 0 saturated carbocycles. The zero-order valence-electron chi connectivity index (χ0n) is 13.8. The van der Waals surface area contributed by atoms with E-state index in [2.05, 4.69) is 15.2 Å². The first-order valence-corrected chi connectivity index (χ1v) is 9.37. The predicted molar refractivity (Wildman–Crippen MR) is 95.2 cm³/mol. The molecule has 3 fully saturated rings. The van der Waals surface area contributed by atoms with Gasteiger partial charge in [0.2, 0.25) is 0 Å². The molecule has 4 heterocycles. The molecule has 0 atom stereocenters. The van der Waals surface area contributed by atoms with Crippen molar-refractivity contribution >= 4 is 23.2 Å². The molecule has 3 aliphatic heterocycles. The van der Waals surface area contributed by atoms with Gasteiger partial charge in [-0.2, -0.15) is 0 Å². The van der Waals surface area contributed by atoms with E-state index in [1.54, 1.807) is 17.6 Å². The zero-order chi connectivity index (χ0) is 17.3. The van der Waals surface area contributed by atoms with Crippen molar-refractivity contribution in [3.63, 3.8) is 0 Å². The number of carbonyl (C=O) groups is 1. The molecule has 0 aliphatic carbocycles. The van der Waals surface area contributed by atoms with Crippen LogP contribution in [0.1, 0.15) is 19.3 Å². The summed E-state index contributed by atoms with van der Waals surface area (Å²) in [6, 6.07) is 6.14. The van der Waals surface area contributed by atoms with E-state index in [9.17, 15) is 9.18 Å². The molecule has 25 heavy (non-hydrogen) atoms. The van der Waals surface area contributed by atoms with Crippen LogP contribution < -0.4 is 5.32 Å². The summed E-state index contributed by atoms with van der Waals surface area (Å²) in [7, 11) is 0. The lowest BCUT2D eigenvalue weighted by molar-refractivity contribution is -0.0190. The Kier molecular flexibility index (Phi) is 4.43. The van der Waals surface area contributed by atoms with Crippen LogP contribution in [0.5, 0.6) is 0 Å². The summed E-state index contributed by atoms with van der Waals surface area (Å²) in [4.78, 5) is 19.7. The summed E-state index contributed by atoms with van der Waals surface area (Å²) in [5, 5.41) is 2.73. The number of fused-ring (bicyclic) bond motifs is 3.